The molecule has 122 valence electrons. The van der Waals surface area contributed by atoms with Gasteiger partial charge in [0.1, 0.15) is 0 Å². The number of rotatable bonds is 4. The van der Waals surface area contributed by atoms with Crippen molar-refractivity contribution in [2.24, 2.45) is 0 Å². The van der Waals surface area contributed by atoms with E-state index in [0.717, 1.165) is 22.5 Å². The number of amides is 1. The van der Waals surface area contributed by atoms with E-state index in [1.54, 1.807) is 6.20 Å². The van der Waals surface area contributed by atoms with E-state index < -0.39 is 0 Å². The quantitative estimate of drug-likeness (QED) is 0.906. The molecule has 1 aliphatic rings. The van der Waals surface area contributed by atoms with Crippen LogP contribution >= 0.6 is 0 Å². The molecule has 0 aromatic carbocycles. The van der Waals surface area contributed by atoms with E-state index in [1.165, 1.54) is 0 Å². The van der Waals surface area contributed by atoms with E-state index in [1.807, 2.05) is 32.9 Å². The lowest BCUT2D eigenvalue weighted by Gasteiger charge is -2.25. The lowest BCUT2D eigenvalue weighted by Crippen LogP contribution is -2.29. The van der Waals surface area contributed by atoms with Crippen molar-refractivity contribution in [1.29, 1.82) is 0 Å². The summed E-state index contributed by atoms with van der Waals surface area (Å²) in [6.07, 6.45) is 3.23. The number of nitrogens with one attached hydrogen (secondary N) is 2. The van der Waals surface area contributed by atoms with Crippen LogP contribution in [0.15, 0.2) is 18.3 Å². The van der Waals surface area contributed by atoms with Gasteiger partial charge in [-0.15, -0.1) is 0 Å². The summed E-state index contributed by atoms with van der Waals surface area (Å²) in [5.74, 6) is -0.141. The van der Waals surface area contributed by atoms with E-state index in [4.69, 9.17) is 4.74 Å². The summed E-state index contributed by atoms with van der Waals surface area (Å²) in [4.78, 5) is 16.7. The van der Waals surface area contributed by atoms with Gasteiger partial charge in [0.25, 0.3) is 5.91 Å². The normalized spacial score (nSPS) is 20.1. The van der Waals surface area contributed by atoms with Gasteiger partial charge in [-0.05, 0) is 32.4 Å². The molecule has 0 spiro atoms. The molecule has 3 rings (SSSR count). The highest BCUT2D eigenvalue weighted by Crippen LogP contribution is 2.29. The number of aromatic nitrogens is 3. The van der Waals surface area contributed by atoms with Crippen LogP contribution in [-0.4, -0.2) is 33.7 Å². The van der Waals surface area contributed by atoms with E-state index in [-0.39, 0.29) is 18.1 Å². The molecule has 0 aliphatic carbocycles. The minimum atomic E-state index is -0.141. The summed E-state index contributed by atoms with van der Waals surface area (Å²) in [6, 6.07) is 3.94. The molecule has 0 saturated heterocycles. The Hall–Kier alpha value is -2.21. The molecule has 0 bridgehead atoms. The van der Waals surface area contributed by atoms with Crippen molar-refractivity contribution in [3.05, 3.63) is 46.5 Å². The topological polar surface area (TPSA) is 79.9 Å². The summed E-state index contributed by atoms with van der Waals surface area (Å²) in [6.45, 7) is 6.55. The molecule has 3 heterocycles. The standard InChI is InChI=1S/C17H22N4O2/c1-10-5-4-7-18-14(10)6-8-19-17(22)16-13-9-11(2)23-12(3)15(13)20-21-16/h4-5,7,11-12H,6,8-9H2,1-3H3,(H,19,22)(H,20,21)/t11-,12+/m1/s1. The van der Waals surface area contributed by atoms with Crippen LogP contribution in [-0.2, 0) is 17.6 Å². The highest BCUT2D eigenvalue weighted by atomic mass is 16.5. The first-order valence-corrected chi connectivity index (χ1v) is 7.97. The predicted octanol–water partition coefficient (Wildman–Crippen LogP) is 2.11. The maximum atomic E-state index is 12.4. The molecule has 0 fully saturated rings. The van der Waals surface area contributed by atoms with Crippen LogP contribution in [0.2, 0.25) is 0 Å². The minimum absolute atomic E-state index is 0.0565. The Balaban J connectivity index is 1.65. The third-order valence-electron chi connectivity index (χ3n) is 4.21. The molecule has 2 atom stereocenters. The second kappa shape index (κ2) is 6.50. The molecule has 2 aromatic heterocycles. The summed E-state index contributed by atoms with van der Waals surface area (Å²) in [5.41, 5.74) is 4.52. The maximum Gasteiger partial charge on any atom is 0.272 e. The van der Waals surface area contributed by atoms with Crippen LogP contribution < -0.4 is 5.32 Å². The van der Waals surface area contributed by atoms with Gasteiger partial charge < -0.3 is 10.1 Å². The number of nitrogens with zero attached hydrogens (tertiary/aromatic N) is 2. The average molecular weight is 314 g/mol. The SMILES string of the molecule is Cc1cccnc1CCNC(=O)c1n[nH]c2c1C[C@@H](C)O[C@H]2C. The molecule has 2 N–H and O–H groups in total. The Morgan fingerprint density at radius 2 is 2.30 bits per heavy atom. The van der Waals surface area contributed by atoms with Crippen molar-refractivity contribution < 1.29 is 9.53 Å². The van der Waals surface area contributed by atoms with Gasteiger partial charge in [-0.25, -0.2) is 0 Å². The van der Waals surface area contributed by atoms with Crippen LogP contribution in [0, 0.1) is 6.92 Å². The number of aromatic amines is 1. The fourth-order valence-corrected chi connectivity index (χ4v) is 3.02. The largest absolute Gasteiger partial charge is 0.369 e. The second-order valence-electron chi connectivity index (χ2n) is 6.03. The molecular formula is C17H22N4O2. The lowest BCUT2D eigenvalue weighted by atomic mass is 9.99. The number of H-pyrrole nitrogens is 1. The highest BCUT2D eigenvalue weighted by Gasteiger charge is 2.29. The van der Waals surface area contributed by atoms with Gasteiger partial charge in [0.05, 0.1) is 17.9 Å². The number of aryl methyl sites for hydroxylation is 1. The fourth-order valence-electron chi connectivity index (χ4n) is 3.02. The van der Waals surface area contributed by atoms with E-state index >= 15 is 0 Å². The predicted molar refractivity (Wildman–Crippen MR) is 86.3 cm³/mol. The second-order valence-corrected chi connectivity index (χ2v) is 6.03. The Bertz CT molecular complexity index is 710. The molecule has 23 heavy (non-hydrogen) atoms. The van der Waals surface area contributed by atoms with Crippen LogP contribution in [0.25, 0.3) is 0 Å². The zero-order valence-corrected chi connectivity index (χ0v) is 13.7. The first-order valence-electron chi connectivity index (χ1n) is 7.97. The first kappa shape index (κ1) is 15.7. The van der Waals surface area contributed by atoms with Gasteiger partial charge in [0, 0.05) is 36.8 Å². The van der Waals surface area contributed by atoms with Crippen LogP contribution in [0.1, 0.15) is 53.0 Å². The third kappa shape index (κ3) is 3.27. The molecule has 6 heteroatoms. The lowest BCUT2D eigenvalue weighted by molar-refractivity contribution is -0.00697. The summed E-state index contributed by atoms with van der Waals surface area (Å²) < 4.78 is 5.75. The summed E-state index contributed by atoms with van der Waals surface area (Å²) in [7, 11) is 0. The van der Waals surface area contributed by atoms with Gasteiger partial charge in [-0.3, -0.25) is 14.9 Å². The molecule has 0 radical (unpaired) electrons. The molecule has 6 nitrogen and oxygen atoms in total. The summed E-state index contributed by atoms with van der Waals surface area (Å²) in [5, 5.41) is 10.1. The molecule has 1 amide bonds. The Morgan fingerprint density at radius 3 is 3.09 bits per heavy atom. The van der Waals surface area contributed by atoms with Crippen molar-refractivity contribution >= 4 is 5.91 Å². The van der Waals surface area contributed by atoms with Crippen molar-refractivity contribution in [3.63, 3.8) is 0 Å². The van der Waals surface area contributed by atoms with Gasteiger partial charge in [0.2, 0.25) is 0 Å². The number of hydrogen-bond acceptors (Lipinski definition) is 4. The number of ether oxygens (including phenoxy) is 1. The maximum absolute atomic E-state index is 12.4. The Labute approximate surface area is 135 Å². The minimum Gasteiger partial charge on any atom is -0.369 e. The van der Waals surface area contributed by atoms with Gasteiger partial charge >= 0.3 is 0 Å². The Kier molecular flexibility index (Phi) is 4.43. The monoisotopic (exact) mass is 314 g/mol. The fraction of sp³-hybridized carbons (Fsp3) is 0.471. The van der Waals surface area contributed by atoms with Crippen LogP contribution in [0.4, 0.5) is 0 Å². The third-order valence-corrected chi connectivity index (χ3v) is 4.21. The van der Waals surface area contributed by atoms with Crippen molar-refractivity contribution in [2.75, 3.05) is 6.54 Å². The van der Waals surface area contributed by atoms with E-state index in [2.05, 4.69) is 20.5 Å². The highest BCUT2D eigenvalue weighted by molar-refractivity contribution is 5.94. The average Bonchev–Trinajstić information content (AvgIpc) is 2.93. The summed E-state index contributed by atoms with van der Waals surface area (Å²) >= 11 is 0. The number of pyridine rings is 1. The van der Waals surface area contributed by atoms with Crippen LogP contribution in [0.3, 0.4) is 0 Å². The molecule has 2 aromatic rings. The van der Waals surface area contributed by atoms with Crippen molar-refractivity contribution in [3.8, 4) is 0 Å². The van der Waals surface area contributed by atoms with Gasteiger partial charge in [0.15, 0.2) is 5.69 Å². The smallest absolute Gasteiger partial charge is 0.272 e. The van der Waals surface area contributed by atoms with Crippen molar-refractivity contribution in [1.82, 2.24) is 20.5 Å². The molecular weight excluding hydrogens is 292 g/mol. The number of hydrogen-bond donors (Lipinski definition) is 2. The van der Waals surface area contributed by atoms with Crippen molar-refractivity contribution in [2.45, 2.75) is 45.8 Å². The number of carbonyl (C=O) groups is 1. The van der Waals surface area contributed by atoms with Gasteiger partial charge in [-0.2, -0.15) is 5.10 Å². The number of carbonyl (C=O) groups excluding carboxylic acids is 1. The molecule has 0 saturated carbocycles. The molecule has 0 unspecified atom stereocenters. The first-order chi connectivity index (χ1) is 11.1. The van der Waals surface area contributed by atoms with E-state index in [9.17, 15) is 4.79 Å². The zero-order valence-electron chi connectivity index (χ0n) is 13.7. The van der Waals surface area contributed by atoms with Gasteiger partial charge in [-0.1, -0.05) is 6.07 Å². The number of fused-ring (bicyclic) bond motifs is 1. The molecule has 1 aliphatic heterocycles. The zero-order chi connectivity index (χ0) is 16.4. The Morgan fingerprint density at radius 1 is 1.48 bits per heavy atom. The van der Waals surface area contributed by atoms with E-state index in [0.29, 0.717) is 25.1 Å². The van der Waals surface area contributed by atoms with Crippen LogP contribution in [0.5, 0.6) is 0 Å².